The van der Waals surface area contributed by atoms with Gasteiger partial charge in [0.1, 0.15) is 11.5 Å². The van der Waals surface area contributed by atoms with Gasteiger partial charge in [-0.25, -0.2) is 0 Å². The van der Waals surface area contributed by atoms with E-state index >= 15 is 0 Å². The topological polar surface area (TPSA) is 87.7 Å². The number of hydrogen-bond acceptors (Lipinski definition) is 4. The average molecular weight is 376 g/mol. The summed E-state index contributed by atoms with van der Waals surface area (Å²) < 4.78 is 5.69. The van der Waals surface area contributed by atoms with Crippen LogP contribution >= 0.6 is 0 Å². The minimum absolute atomic E-state index is 0.0251. The van der Waals surface area contributed by atoms with Gasteiger partial charge in [-0.2, -0.15) is 0 Å². The van der Waals surface area contributed by atoms with Crippen molar-refractivity contribution in [3.05, 3.63) is 66.2 Å². The predicted molar refractivity (Wildman–Crippen MR) is 107 cm³/mol. The number of aromatic hydroxyl groups is 1. The summed E-state index contributed by atoms with van der Waals surface area (Å²) in [6.45, 7) is -0.161. The van der Waals surface area contributed by atoms with Crippen LogP contribution in [0.4, 0.5) is 5.69 Å². The molecule has 0 aliphatic heterocycles. The number of hydrogen-bond donors (Lipinski definition) is 3. The summed E-state index contributed by atoms with van der Waals surface area (Å²) in [7, 11) is 0. The summed E-state index contributed by atoms with van der Waals surface area (Å²) in [6, 6.07) is 17.8. The molecule has 0 atom stereocenters. The molecule has 3 aromatic carbocycles. The van der Waals surface area contributed by atoms with E-state index in [2.05, 4.69) is 10.6 Å². The summed E-state index contributed by atoms with van der Waals surface area (Å²) in [5, 5.41) is 17.2. The second kappa shape index (κ2) is 7.60. The molecule has 28 heavy (non-hydrogen) atoms. The molecule has 0 saturated heterocycles. The first kappa shape index (κ1) is 17.9. The third-order valence-corrected chi connectivity index (χ3v) is 4.55. The molecular weight excluding hydrogens is 356 g/mol. The Labute approximate surface area is 162 Å². The van der Waals surface area contributed by atoms with Crippen LogP contribution in [0, 0.1) is 0 Å². The standard InChI is InChI=1S/C22H20N2O4/c25-19-8-4-3-7-18(19)24-22(27)17-11-14-5-1-2-6-15(14)12-20(17)28-13-21(26)23-16-9-10-16/h1-8,11-12,16,25H,9-10,13H2,(H,23,26)(H,24,27). The van der Waals surface area contributed by atoms with Crippen molar-refractivity contribution in [3.8, 4) is 11.5 Å². The number of rotatable bonds is 6. The number of ether oxygens (including phenoxy) is 1. The lowest BCUT2D eigenvalue weighted by Crippen LogP contribution is -2.30. The largest absolute Gasteiger partial charge is 0.506 e. The maximum absolute atomic E-state index is 12.9. The molecule has 6 heteroatoms. The molecule has 0 aromatic heterocycles. The molecule has 0 spiro atoms. The monoisotopic (exact) mass is 376 g/mol. The first-order valence-electron chi connectivity index (χ1n) is 9.14. The normalized spacial score (nSPS) is 13.1. The van der Waals surface area contributed by atoms with Gasteiger partial charge >= 0.3 is 0 Å². The van der Waals surface area contributed by atoms with Crippen molar-refractivity contribution in [1.82, 2.24) is 5.32 Å². The molecule has 0 unspecified atom stereocenters. The summed E-state index contributed by atoms with van der Waals surface area (Å²) in [5.74, 6) is -0.340. The molecule has 1 aliphatic carbocycles. The van der Waals surface area contributed by atoms with Crippen molar-refractivity contribution < 1.29 is 19.4 Å². The first-order valence-corrected chi connectivity index (χ1v) is 9.14. The molecule has 0 bridgehead atoms. The van der Waals surface area contributed by atoms with Gasteiger partial charge in [-0.1, -0.05) is 36.4 Å². The molecule has 6 nitrogen and oxygen atoms in total. The van der Waals surface area contributed by atoms with Crippen LogP contribution in [0.25, 0.3) is 10.8 Å². The van der Waals surface area contributed by atoms with Crippen LogP contribution in [0.15, 0.2) is 60.7 Å². The second-order valence-electron chi connectivity index (χ2n) is 6.80. The van der Waals surface area contributed by atoms with Crippen LogP contribution in [0.5, 0.6) is 11.5 Å². The number of benzene rings is 3. The van der Waals surface area contributed by atoms with Gasteiger partial charge in [0.2, 0.25) is 0 Å². The van der Waals surface area contributed by atoms with Gasteiger partial charge in [0, 0.05) is 6.04 Å². The molecule has 1 fully saturated rings. The Morgan fingerprint density at radius 3 is 2.39 bits per heavy atom. The number of anilines is 1. The molecular formula is C22H20N2O4. The smallest absolute Gasteiger partial charge is 0.259 e. The minimum atomic E-state index is -0.426. The van der Waals surface area contributed by atoms with Crippen LogP contribution in [-0.4, -0.2) is 29.6 Å². The van der Waals surface area contributed by atoms with Crippen molar-refractivity contribution >= 4 is 28.3 Å². The number of nitrogens with one attached hydrogen (secondary N) is 2. The van der Waals surface area contributed by atoms with Gasteiger partial charge < -0.3 is 20.5 Å². The van der Waals surface area contributed by atoms with E-state index in [9.17, 15) is 14.7 Å². The Balaban J connectivity index is 1.61. The molecule has 3 aromatic rings. The highest BCUT2D eigenvalue weighted by Crippen LogP contribution is 2.29. The van der Waals surface area contributed by atoms with Gasteiger partial charge in [-0.15, -0.1) is 0 Å². The Hall–Kier alpha value is -3.54. The third-order valence-electron chi connectivity index (χ3n) is 4.55. The SMILES string of the molecule is O=C(COc1cc2ccccc2cc1C(=O)Nc1ccccc1O)NC1CC1. The van der Waals surface area contributed by atoms with Crippen LogP contribution < -0.4 is 15.4 Å². The number of amides is 2. The van der Waals surface area contributed by atoms with Crippen LogP contribution in [0.1, 0.15) is 23.2 Å². The van der Waals surface area contributed by atoms with Gasteiger partial charge in [0.25, 0.3) is 11.8 Å². The molecule has 2 amide bonds. The molecule has 3 N–H and O–H groups in total. The van der Waals surface area contributed by atoms with Crippen LogP contribution in [0.3, 0.4) is 0 Å². The highest BCUT2D eigenvalue weighted by molar-refractivity contribution is 6.09. The van der Waals surface area contributed by atoms with Gasteiger partial charge in [0.15, 0.2) is 6.61 Å². The zero-order valence-electron chi connectivity index (χ0n) is 15.1. The Kier molecular flexibility index (Phi) is 4.85. The van der Waals surface area contributed by atoms with E-state index in [4.69, 9.17) is 4.74 Å². The third kappa shape index (κ3) is 4.06. The van der Waals surface area contributed by atoms with Gasteiger partial charge in [-0.3, -0.25) is 9.59 Å². The minimum Gasteiger partial charge on any atom is -0.506 e. The highest BCUT2D eigenvalue weighted by atomic mass is 16.5. The van der Waals surface area contributed by atoms with Crippen molar-refractivity contribution in [2.45, 2.75) is 18.9 Å². The Bertz CT molecular complexity index is 1040. The fraction of sp³-hybridized carbons (Fsp3) is 0.182. The molecule has 1 aliphatic rings. The van der Waals surface area contributed by atoms with Crippen molar-refractivity contribution in [2.75, 3.05) is 11.9 Å². The van der Waals surface area contributed by atoms with Gasteiger partial charge in [-0.05, 0) is 47.9 Å². The van der Waals surface area contributed by atoms with Crippen LogP contribution in [-0.2, 0) is 4.79 Å². The summed E-state index contributed by atoms with van der Waals surface area (Å²) in [5.41, 5.74) is 0.597. The molecule has 0 radical (unpaired) electrons. The lowest BCUT2D eigenvalue weighted by Gasteiger charge is -2.14. The zero-order chi connectivity index (χ0) is 19.5. The average Bonchev–Trinajstić information content (AvgIpc) is 3.51. The Morgan fingerprint density at radius 2 is 1.68 bits per heavy atom. The lowest BCUT2D eigenvalue weighted by atomic mass is 10.1. The van der Waals surface area contributed by atoms with E-state index in [-0.39, 0.29) is 24.3 Å². The van der Waals surface area contributed by atoms with Crippen molar-refractivity contribution in [1.29, 1.82) is 0 Å². The second-order valence-corrected chi connectivity index (χ2v) is 6.80. The van der Waals surface area contributed by atoms with E-state index in [1.807, 2.05) is 24.3 Å². The maximum Gasteiger partial charge on any atom is 0.259 e. The Morgan fingerprint density at radius 1 is 1.00 bits per heavy atom. The fourth-order valence-electron chi connectivity index (χ4n) is 2.93. The number of phenols is 1. The number of phenolic OH excluding ortho intramolecular Hbond substituents is 1. The number of para-hydroxylation sites is 2. The van der Waals surface area contributed by atoms with E-state index in [1.165, 1.54) is 6.07 Å². The zero-order valence-corrected chi connectivity index (χ0v) is 15.1. The van der Waals surface area contributed by atoms with E-state index < -0.39 is 5.91 Å². The summed E-state index contributed by atoms with van der Waals surface area (Å²) in [4.78, 5) is 24.8. The summed E-state index contributed by atoms with van der Waals surface area (Å²) in [6.07, 6.45) is 1.99. The van der Waals surface area contributed by atoms with E-state index in [0.29, 0.717) is 17.0 Å². The van der Waals surface area contributed by atoms with Gasteiger partial charge in [0.05, 0.1) is 11.3 Å². The molecule has 4 rings (SSSR count). The maximum atomic E-state index is 12.9. The quantitative estimate of drug-likeness (QED) is 0.575. The lowest BCUT2D eigenvalue weighted by molar-refractivity contribution is -0.123. The first-order chi connectivity index (χ1) is 13.6. The van der Waals surface area contributed by atoms with Crippen molar-refractivity contribution in [2.24, 2.45) is 0 Å². The molecule has 0 heterocycles. The molecule has 142 valence electrons. The molecule has 1 saturated carbocycles. The fourth-order valence-corrected chi connectivity index (χ4v) is 2.93. The number of carbonyl (C=O) groups is 2. The van der Waals surface area contributed by atoms with E-state index in [0.717, 1.165) is 23.6 Å². The highest BCUT2D eigenvalue weighted by Gasteiger charge is 2.24. The predicted octanol–water partition coefficient (Wildman–Crippen LogP) is 3.46. The number of carbonyl (C=O) groups excluding carboxylic acids is 2. The summed E-state index contributed by atoms with van der Waals surface area (Å²) >= 11 is 0. The number of fused-ring (bicyclic) bond motifs is 1. The van der Waals surface area contributed by atoms with Crippen molar-refractivity contribution in [3.63, 3.8) is 0 Å². The van der Waals surface area contributed by atoms with E-state index in [1.54, 1.807) is 30.3 Å². The van der Waals surface area contributed by atoms with Crippen LogP contribution in [0.2, 0.25) is 0 Å².